The van der Waals surface area contributed by atoms with Crippen LogP contribution in [0.3, 0.4) is 0 Å². The number of hydrogen-bond donors (Lipinski definition) is 1. The molecule has 0 aliphatic rings. The Morgan fingerprint density at radius 1 is 1.23 bits per heavy atom. The van der Waals surface area contributed by atoms with Gasteiger partial charge in [-0.15, -0.1) is 0 Å². The molecule has 0 saturated heterocycles. The van der Waals surface area contributed by atoms with Crippen molar-refractivity contribution in [1.82, 2.24) is 15.1 Å². The van der Waals surface area contributed by atoms with Gasteiger partial charge in [0.2, 0.25) is 0 Å². The normalized spacial score (nSPS) is 11.7. The van der Waals surface area contributed by atoms with Crippen LogP contribution in [0, 0.1) is 19.8 Å². The molecule has 5 nitrogen and oxygen atoms in total. The van der Waals surface area contributed by atoms with Crippen LogP contribution >= 0.6 is 0 Å². The van der Waals surface area contributed by atoms with E-state index in [0.717, 1.165) is 12.1 Å². The fourth-order valence-corrected chi connectivity index (χ4v) is 2.53. The van der Waals surface area contributed by atoms with Crippen LogP contribution in [-0.2, 0) is 11.0 Å². The number of ketones is 1. The summed E-state index contributed by atoms with van der Waals surface area (Å²) in [7, 11) is 0. The molecule has 26 heavy (non-hydrogen) atoms. The molecule has 1 aromatic heterocycles. The van der Waals surface area contributed by atoms with Gasteiger partial charge in [-0.1, -0.05) is 19.9 Å². The van der Waals surface area contributed by atoms with E-state index < -0.39 is 23.4 Å². The number of hydrogen-bond acceptors (Lipinski definition) is 3. The van der Waals surface area contributed by atoms with E-state index >= 15 is 0 Å². The highest BCUT2D eigenvalue weighted by atomic mass is 19.4. The molecule has 1 heterocycles. The molecule has 1 aromatic carbocycles. The van der Waals surface area contributed by atoms with Gasteiger partial charge in [-0.05, 0) is 38.0 Å². The lowest BCUT2D eigenvalue weighted by Gasteiger charge is -2.10. The summed E-state index contributed by atoms with van der Waals surface area (Å²) >= 11 is 0. The quantitative estimate of drug-likeness (QED) is 0.650. The number of rotatable bonds is 5. The second-order valence-electron chi connectivity index (χ2n) is 6.44. The van der Waals surface area contributed by atoms with E-state index in [9.17, 15) is 22.8 Å². The molecular weight excluding hydrogens is 347 g/mol. The number of carbonyl (C=O) groups excluding carboxylic acids is 2. The number of Topliss-reactive ketones (excluding diaryl/α,β-unsaturated/α-hetero) is 1. The molecule has 0 spiro atoms. The van der Waals surface area contributed by atoms with E-state index in [1.54, 1.807) is 13.8 Å². The Kier molecular flexibility index (Phi) is 5.53. The van der Waals surface area contributed by atoms with Crippen molar-refractivity contribution in [3.05, 3.63) is 46.8 Å². The third kappa shape index (κ3) is 4.12. The van der Waals surface area contributed by atoms with Gasteiger partial charge in [-0.3, -0.25) is 9.59 Å². The molecule has 8 heteroatoms. The first-order chi connectivity index (χ1) is 12.0. The van der Waals surface area contributed by atoms with Gasteiger partial charge in [0.25, 0.3) is 11.7 Å². The molecule has 0 aliphatic heterocycles. The van der Waals surface area contributed by atoms with Crippen LogP contribution in [0.4, 0.5) is 13.2 Å². The van der Waals surface area contributed by atoms with Crippen molar-refractivity contribution < 1.29 is 22.8 Å². The van der Waals surface area contributed by atoms with Gasteiger partial charge in [0.05, 0.1) is 28.2 Å². The van der Waals surface area contributed by atoms with Crippen molar-refractivity contribution in [1.29, 1.82) is 0 Å². The Morgan fingerprint density at radius 3 is 2.46 bits per heavy atom. The second-order valence-corrected chi connectivity index (χ2v) is 6.44. The number of nitrogens with one attached hydrogen (secondary N) is 1. The molecule has 0 radical (unpaired) electrons. The van der Waals surface area contributed by atoms with E-state index in [-0.39, 0.29) is 22.9 Å². The zero-order valence-corrected chi connectivity index (χ0v) is 14.9. The summed E-state index contributed by atoms with van der Waals surface area (Å²) in [6.45, 7) is 7.23. The molecule has 1 N–H and O–H groups in total. The van der Waals surface area contributed by atoms with Gasteiger partial charge in [-0.2, -0.15) is 18.3 Å². The molecule has 0 unspecified atom stereocenters. The molecular formula is C18H20F3N3O2. The topological polar surface area (TPSA) is 64.0 Å². The van der Waals surface area contributed by atoms with Crippen molar-refractivity contribution in [3.8, 4) is 5.69 Å². The van der Waals surface area contributed by atoms with Crippen molar-refractivity contribution in [2.45, 2.75) is 33.9 Å². The molecule has 0 aliphatic carbocycles. The second kappa shape index (κ2) is 7.31. The monoisotopic (exact) mass is 367 g/mol. The van der Waals surface area contributed by atoms with Crippen LogP contribution in [-0.4, -0.2) is 28.0 Å². The number of aromatic nitrogens is 2. The predicted octanol–water partition coefficient (Wildman–Crippen LogP) is 3.46. The number of carbonyl (C=O) groups is 2. The standard InChI is InChI=1S/C18H20F3N3O2/c1-10(2)9-22-17(26)16(25)15-11(3)23-24(12(15)4)14-7-5-6-13(8-14)18(19,20)21/h5-8,10H,9H2,1-4H3,(H,22,26). The third-order valence-corrected chi connectivity index (χ3v) is 3.81. The van der Waals surface area contributed by atoms with Crippen LogP contribution < -0.4 is 5.32 Å². The Balaban J connectivity index is 2.39. The summed E-state index contributed by atoms with van der Waals surface area (Å²) in [6.07, 6.45) is -4.48. The number of aryl methyl sites for hydroxylation is 1. The highest BCUT2D eigenvalue weighted by Gasteiger charge is 2.31. The Morgan fingerprint density at radius 2 is 1.88 bits per heavy atom. The maximum Gasteiger partial charge on any atom is 0.416 e. The van der Waals surface area contributed by atoms with Crippen LogP contribution in [0.25, 0.3) is 5.69 Å². The van der Waals surface area contributed by atoms with Crippen molar-refractivity contribution in [2.75, 3.05) is 6.54 Å². The van der Waals surface area contributed by atoms with Gasteiger partial charge in [0.1, 0.15) is 0 Å². The fourth-order valence-electron chi connectivity index (χ4n) is 2.53. The maximum absolute atomic E-state index is 12.9. The Bertz CT molecular complexity index is 839. The number of benzene rings is 1. The lowest BCUT2D eigenvalue weighted by atomic mass is 10.1. The Labute approximate surface area is 149 Å². The predicted molar refractivity (Wildman–Crippen MR) is 90.2 cm³/mol. The van der Waals surface area contributed by atoms with Gasteiger partial charge in [0, 0.05) is 6.54 Å². The third-order valence-electron chi connectivity index (χ3n) is 3.81. The number of halogens is 3. The Hall–Kier alpha value is -2.64. The zero-order valence-electron chi connectivity index (χ0n) is 14.9. The van der Waals surface area contributed by atoms with E-state index in [1.807, 2.05) is 13.8 Å². The SMILES string of the molecule is Cc1nn(-c2cccc(C(F)(F)F)c2)c(C)c1C(=O)C(=O)NCC(C)C. The average molecular weight is 367 g/mol. The lowest BCUT2D eigenvalue weighted by molar-refractivity contribution is -0.137. The summed E-state index contributed by atoms with van der Waals surface area (Å²) in [5, 5.41) is 6.69. The van der Waals surface area contributed by atoms with E-state index in [0.29, 0.717) is 12.2 Å². The zero-order chi connectivity index (χ0) is 19.6. The first-order valence-electron chi connectivity index (χ1n) is 8.08. The molecule has 1 amide bonds. The summed E-state index contributed by atoms with van der Waals surface area (Å²) in [5.74, 6) is -1.32. The van der Waals surface area contributed by atoms with Crippen molar-refractivity contribution >= 4 is 11.7 Å². The van der Waals surface area contributed by atoms with Crippen LogP contribution in [0.1, 0.15) is 41.2 Å². The van der Waals surface area contributed by atoms with Gasteiger partial charge in [0.15, 0.2) is 0 Å². The highest BCUT2D eigenvalue weighted by molar-refractivity contribution is 6.43. The lowest BCUT2D eigenvalue weighted by Crippen LogP contribution is -2.34. The molecule has 140 valence electrons. The maximum atomic E-state index is 12.9. The number of amides is 1. The van der Waals surface area contributed by atoms with Gasteiger partial charge in [-0.25, -0.2) is 4.68 Å². The van der Waals surface area contributed by atoms with E-state index in [4.69, 9.17) is 0 Å². The first kappa shape index (κ1) is 19.7. The summed E-state index contributed by atoms with van der Waals surface area (Å²) in [5.41, 5.74) is 0.0481. The van der Waals surface area contributed by atoms with Crippen molar-refractivity contribution in [3.63, 3.8) is 0 Å². The largest absolute Gasteiger partial charge is 0.416 e. The minimum Gasteiger partial charge on any atom is -0.349 e. The van der Waals surface area contributed by atoms with Crippen molar-refractivity contribution in [2.24, 2.45) is 5.92 Å². The molecule has 0 atom stereocenters. The molecule has 0 fully saturated rings. The first-order valence-corrected chi connectivity index (χ1v) is 8.08. The summed E-state index contributed by atoms with van der Waals surface area (Å²) in [6, 6.07) is 4.64. The van der Waals surface area contributed by atoms with Gasteiger partial charge >= 0.3 is 6.18 Å². The molecule has 2 rings (SSSR count). The van der Waals surface area contributed by atoms with Crippen LogP contribution in [0.15, 0.2) is 24.3 Å². The van der Waals surface area contributed by atoms with Crippen LogP contribution in [0.2, 0.25) is 0 Å². The minimum atomic E-state index is -4.48. The highest BCUT2D eigenvalue weighted by Crippen LogP contribution is 2.30. The number of alkyl halides is 3. The minimum absolute atomic E-state index is 0.101. The summed E-state index contributed by atoms with van der Waals surface area (Å²) < 4.78 is 40.0. The molecule has 0 saturated carbocycles. The number of nitrogens with zero attached hydrogens (tertiary/aromatic N) is 2. The molecule has 2 aromatic rings. The van der Waals surface area contributed by atoms with E-state index in [1.165, 1.54) is 16.8 Å². The van der Waals surface area contributed by atoms with E-state index in [2.05, 4.69) is 10.4 Å². The molecule has 0 bridgehead atoms. The summed E-state index contributed by atoms with van der Waals surface area (Å²) in [4.78, 5) is 24.5. The van der Waals surface area contributed by atoms with Crippen LogP contribution in [0.5, 0.6) is 0 Å². The van der Waals surface area contributed by atoms with Gasteiger partial charge < -0.3 is 5.32 Å². The smallest absolute Gasteiger partial charge is 0.349 e. The average Bonchev–Trinajstić information content (AvgIpc) is 2.86. The fraction of sp³-hybridized carbons (Fsp3) is 0.389.